The van der Waals surface area contributed by atoms with Crippen molar-refractivity contribution in [3.05, 3.63) is 59.7 Å². The van der Waals surface area contributed by atoms with E-state index in [1.54, 1.807) is 14.2 Å². The van der Waals surface area contributed by atoms with Crippen LogP contribution in [0, 0.1) is 0 Å². The van der Waals surface area contributed by atoms with Crippen LogP contribution in [-0.2, 0) is 11.2 Å². The van der Waals surface area contributed by atoms with Crippen LogP contribution in [0.3, 0.4) is 0 Å². The minimum absolute atomic E-state index is 0. The molecule has 0 saturated carbocycles. The Morgan fingerprint density at radius 1 is 1.07 bits per heavy atom. The molecule has 2 atom stereocenters. The first-order valence-corrected chi connectivity index (χ1v) is 8.91. The number of benzene rings is 2. The standard InChI is InChI=1S/C21H26N2O3.ClH/c1-25-17-10-15(11-18(12-17)26-2)8-9-21(24)23-13-19(20(22)14-23)16-6-4-3-5-7-16;/h3-7,10-12,19-20H,8-9,13-14,22H2,1-2H3;1H/t19-,20+;/m0./s1. The number of methoxy groups -OCH3 is 2. The van der Waals surface area contributed by atoms with E-state index in [4.69, 9.17) is 15.2 Å². The summed E-state index contributed by atoms with van der Waals surface area (Å²) < 4.78 is 10.6. The van der Waals surface area contributed by atoms with E-state index in [-0.39, 0.29) is 30.3 Å². The van der Waals surface area contributed by atoms with Gasteiger partial charge in [-0.05, 0) is 29.7 Å². The van der Waals surface area contributed by atoms with Crippen LogP contribution in [0.25, 0.3) is 0 Å². The van der Waals surface area contributed by atoms with Crippen molar-refractivity contribution >= 4 is 18.3 Å². The zero-order chi connectivity index (χ0) is 18.5. The first-order valence-electron chi connectivity index (χ1n) is 8.91. The van der Waals surface area contributed by atoms with E-state index in [1.165, 1.54) is 5.56 Å². The average molecular weight is 391 g/mol. The Kier molecular flexibility index (Phi) is 7.51. The van der Waals surface area contributed by atoms with Crippen LogP contribution in [0.4, 0.5) is 0 Å². The molecule has 5 nitrogen and oxygen atoms in total. The van der Waals surface area contributed by atoms with Crippen molar-refractivity contribution in [2.24, 2.45) is 5.73 Å². The molecule has 0 bridgehead atoms. The molecule has 146 valence electrons. The molecule has 0 radical (unpaired) electrons. The number of rotatable bonds is 6. The predicted octanol–water partition coefficient (Wildman–Crippen LogP) is 3.01. The number of likely N-dealkylation sites (tertiary alicyclic amines) is 1. The minimum Gasteiger partial charge on any atom is -0.497 e. The van der Waals surface area contributed by atoms with Crippen LogP contribution < -0.4 is 15.2 Å². The highest BCUT2D eigenvalue weighted by Gasteiger charge is 2.33. The molecule has 1 aliphatic rings. The van der Waals surface area contributed by atoms with Crippen molar-refractivity contribution in [1.29, 1.82) is 0 Å². The predicted molar refractivity (Wildman–Crippen MR) is 109 cm³/mol. The molecule has 0 aromatic heterocycles. The summed E-state index contributed by atoms with van der Waals surface area (Å²) in [4.78, 5) is 14.5. The van der Waals surface area contributed by atoms with Gasteiger partial charge in [0.25, 0.3) is 0 Å². The Bertz CT molecular complexity index is 732. The lowest BCUT2D eigenvalue weighted by molar-refractivity contribution is -0.130. The minimum atomic E-state index is -0.0155. The van der Waals surface area contributed by atoms with Gasteiger partial charge in [-0.1, -0.05) is 30.3 Å². The van der Waals surface area contributed by atoms with Crippen molar-refractivity contribution in [3.63, 3.8) is 0 Å². The largest absolute Gasteiger partial charge is 0.497 e. The molecule has 1 aliphatic heterocycles. The fourth-order valence-electron chi connectivity index (χ4n) is 3.51. The smallest absolute Gasteiger partial charge is 0.222 e. The van der Waals surface area contributed by atoms with E-state index in [9.17, 15) is 4.79 Å². The Morgan fingerprint density at radius 2 is 1.70 bits per heavy atom. The Labute approximate surface area is 166 Å². The van der Waals surface area contributed by atoms with E-state index < -0.39 is 0 Å². The maximum Gasteiger partial charge on any atom is 0.222 e. The summed E-state index contributed by atoms with van der Waals surface area (Å²) in [5.74, 6) is 1.82. The van der Waals surface area contributed by atoms with Crippen molar-refractivity contribution in [2.75, 3.05) is 27.3 Å². The highest BCUT2D eigenvalue weighted by Crippen LogP contribution is 2.27. The molecule has 1 heterocycles. The molecule has 2 aromatic carbocycles. The van der Waals surface area contributed by atoms with Gasteiger partial charge in [0.2, 0.25) is 5.91 Å². The fourth-order valence-corrected chi connectivity index (χ4v) is 3.51. The van der Waals surface area contributed by atoms with Crippen LogP contribution in [0.1, 0.15) is 23.5 Å². The third-order valence-electron chi connectivity index (χ3n) is 4.98. The number of halogens is 1. The lowest BCUT2D eigenvalue weighted by Crippen LogP contribution is -2.32. The third-order valence-corrected chi connectivity index (χ3v) is 4.98. The van der Waals surface area contributed by atoms with Gasteiger partial charge in [-0.2, -0.15) is 0 Å². The lowest BCUT2D eigenvalue weighted by Gasteiger charge is -2.17. The normalized spacial score (nSPS) is 18.7. The first kappa shape index (κ1) is 21.1. The molecule has 27 heavy (non-hydrogen) atoms. The fraction of sp³-hybridized carbons (Fsp3) is 0.381. The topological polar surface area (TPSA) is 64.8 Å². The van der Waals surface area contributed by atoms with Gasteiger partial charge in [0.1, 0.15) is 11.5 Å². The molecule has 0 aliphatic carbocycles. The van der Waals surface area contributed by atoms with Gasteiger partial charge in [-0.3, -0.25) is 4.79 Å². The summed E-state index contributed by atoms with van der Waals surface area (Å²) >= 11 is 0. The second-order valence-electron chi connectivity index (χ2n) is 6.70. The van der Waals surface area contributed by atoms with Crippen LogP contribution in [0.15, 0.2) is 48.5 Å². The molecule has 6 heteroatoms. The Balaban J connectivity index is 0.00000261. The maximum absolute atomic E-state index is 12.7. The molecular formula is C21H27ClN2O3. The second kappa shape index (κ2) is 9.62. The molecule has 2 aromatic rings. The van der Waals surface area contributed by atoms with Gasteiger partial charge in [0.05, 0.1) is 14.2 Å². The van der Waals surface area contributed by atoms with E-state index in [1.807, 2.05) is 41.3 Å². The summed E-state index contributed by atoms with van der Waals surface area (Å²) in [7, 11) is 3.25. The van der Waals surface area contributed by atoms with E-state index >= 15 is 0 Å². The number of nitrogens with two attached hydrogens (primary N) is 1. The van der Waals surface area contributed by atoms with Crippen molar-refractivity contribution < 1.29 is 14.3 Å². The molecular weight excluding hydrogens is 364 g/mol. The Morgan fingerprint density at radius 3 is 2.30 bits per heavy atom. The monoisotopic (exact) mass is 390 g/mol. The molecule has 1 saturated heterocycles. The average Bonchev–Trinajstić information content (AvgIpc) is 3.08. The van der Waals surface area contributed by atoms with E-state index in [2.05, 4.69) is 12.1 Å². The lowest BCUT2D eigenvalue weighted by atomic mass is 9.95. The number of ether oxygens (including phenoxy) is 2. The molecule has 1 amide bonds. The highest BCUT2D eigenvalue weighted by molar-refractivity contribution is 5.85. The van der Waals surface area contributed by atoms with Gasteiger partial charge in [0.15, 0.2) is 0 Å². The molecule has 0 spiro atoms. The highest BCUT2D eigenvalue weighted by atomic mass is 35.5. The summed E-state index contributed by atoms with van der Waals surface area (Å²) in [6.07, 6.45) is 1.10. The van der Waals surface area contributed by atoms with Gasteiger partial charge in [0, 0.05) is 37.5 Å². The quantitative estimate of drug-likeness (QED) is 0.823. The van der Waals surface area contributed by atoms with Crippen molar-refractivity contribution in [2.45, 2.75) is 24.8 Å². The summed E-state index contributed by atoms with van der Waals surface area (Å²) in [5.41, 5.74) is 8.52. The SMILES string of the molecule is COc1cc(CCC(=O)N2C[C@@H](N)[C@H](c3ccccc3)C2)cc(OC)c1.Cl. The number of nitrogens with zero attached hydrogens (tertiary/aromatic N) is 1. The molecule has 2 N–H and O–H groups in total. The number of aryl methyl sites for hydroxylation is 1. The van der Waals surface area contributed by atoms with Crippen molar-refractivity contribution in [1.82, 2.24) is 4.90 Å². The number of carbonyl (C=O) groups is 1. The summed E-state index contributed by atoms with van der Waals surface area (Å²) in [6, 6.07) is 15.9. The van der Waals surface area contributed by atoms with Crippen LogP contribution >= 0.6 is 12.4 Å². The maximum atomic E-state index is 12.7. The van der Waals surface area contributed by atoms with Crippen molar-refractivity contribution in [3.8, 4) is 11.5 Å². The first-order chi connectivity index (χ1) is 12.6. The number of carbonyl (C=O) groups excluding carboxylic acids is 1. The Hall–Kier alpha value is -2.24. The van der Waals surface area contributed by atoms with Gasteiger partial charge < -0.3 is 20.1 Å². The number of hydrogen-bond acceptors (Lipinski definition) is 4. The van der Waals surface area contributed by atoms with Gasteiger partial charge in [-0.15, -0.1) is 12.4 Å². The van der Waals surface area contributed by atoms with Gasteiger partial charge >= 0.3 is 0 Å². The second-order valence-corrected chi connectivity index (χ2v) is 6.70. The summed E-state index contributed by atoms with van der Waals surface area (Å²) in [5, 5.41) is 0. The number of hydrogen-bond donors (Lipinski definition) is 1. The molecule has 0 unspecified atom stereocenters. The third kappa shape index (κ3) is 5.15. The zero-order valence-electron chi connectivity index (χ0n) is 15.8. The van der Waals surface area contributed by atoms with Crippen LogP contribution in [-0.4, -0.2) is 44.2 Å². The molecule has 1 fully saturated rings. The van der Waals surface area contributed by atoms with Crippen LogP contribution in [0.2, 0.25) is 0 Å². The summed E-state index contributed by atoms with van der Waals surface area (Å²) in [6.45, 7) is 1.30. The van der Waals surface area contributed by atoms with Crippen LogP contribution in [0.5, 0.6) is 11.5 Å². The molecule has 3 rings (SSSR count). The van der Waals surface area contributed by atoms with E-state index in [0.29, 0.717) is 25.9 Å². The zero-order valence-corrected chi connectivity index (χ0v) is 16.6. The number of amides is 1. The van der Waals surface area contributed by atoms with E-state index in [0.717, 1.165) is 17.1 Å². The van der Waals surface area contributed by atoms with Gasteiger partial charge in [-0.25, -0.2) is 0 Å².